The Morgan fingerprint density at radius 1 is 1.33 bits per heavy atom. The van der Waals surface area contributed by atoms with E-state index in [9.17, 15) is 4.79 Å². The van der Waals surface area contributed by atoms with Crippen LogP contribution >= 0.6 is 15.9 Å². The minimum Gasteiger partial charge on any atom is -0.399 e. The smallest absolute Gasteiger partial charge is 0.368 e. The van der Waals surface area contributed by atoms with Crippen LogP contribution in [0.3, 0.4) is 0 Å². The molecule has 5 heteroatoms. The third-order valence-corrected chi connectivity index (χ3v) is 2.09. The molecule has 1 aliphatic rings. The van der Waals surface area contributed by atoms with Crippen LogP contribution in [-0.2, 0) is 0 Å². The third kappa shape index (κ3) is 1.02. The van der Waals surface area contributed by atoms with E-state index in [2.05, 4.69) is 25.9 Å². The number of nitrogen functional groups attached to an aromatic ring is 1. The monoisotopic (exact) mass is 225 g/mol. The number of amides is 2. The normalized spacial score (nSPS) is 13.6. The molecule has 2 N–H and O–H groups in total. The third-order valence-electron chi connectivity index (χ3n) is 1.49. The Bertz CT molecular complexity index is 480. The van der Waals surface area contributed by atoms with E-state index in [1.807, 2.05) is 0 Å². The average Bonchev–Trinajstić information content (AvgIpc) is 2.29. The van der Waals surface area contributed by atoms with Gasteiger partial charge in [0, 0.05) is 10.2 Å². The van der Waals surface area contributed by atoms with E-state index < -0.39 is 6.03 Å². The minimum absolute atomic E-state index is 0.476. The Morgan fingerprint density at radius 3 is 2.83 bits per heavy atom. The number of carbonyl (C=O) groups is 1. The molecule has 0 bridgehead atoms. The Balaban J connectivity index is 2.95. The summed E-state index contributed by atoms with van der Waals surface area (Å²) < 4.78 is 0.701. The molecule has 0 unspecified atom stereocenters. The predicted octanol–water partition coefficient (Wildman–Crippen LogP) is 0.404. The molecule has 0 aliphatic carbocycles. The van der Waals surface area contributed by atoms with Crippen molar-refractivity contribution >= 4 is 27.6 Å². The molecule has 0 fully saturated rings. The van der Waals surface area contributed by atoms with Crippen molar-refractivity contribution in [2.24, 2.45) is 9.98 Å². The summed E-state index contributed by atoms with van der Waals surface area (Å²) in [6.07, 6.45) is 0. The first-order valence-electron chi connectivity index (χ1n) is 3.23. The van der Waals surface area contributed by atoms with Gasteiger partial charge in [-0.1, -0.05) is 0 Å². The summed E-state index contributed by atoms with van der Waals surface area (Å²) in [5.74, 6) is 0. The van der Waals surface area contributed by atoms with Crippen molar-refractivity contribution in [1.82, 2.24) is 0 Å². The molecule has 1 aromatic carbocycles. The first-order chi connectivity index (χ1) is 5.66. The lowest BCUT2D eigenvalue weighted by molar-refractivity contribution is 0.256. The highest BCUT2D eigenvalue weighted by Gasteiger charge is 2.07. The van der Waals surface area contributed by atoms with Crippen molar-refractivity contribution in [2.75, 3.05) is 5.73 Å². The van der Waals surface area contributed by atoms with Gasteiger partial charge in [0.2, 0.25) is 0 Å². The molecule has 1 aromatic rings. The molecule has 2 amide bonds. The standard InChI is InChI=1S/C7H4BrN3O/c8-4-1-3(9)2-5-6(4)11-7(12)10-5/h1-2H,9H2. The second-order valence-corrected chi connectivity index (χ2v) is 3.23. The lowest BCUT2D eigenvalue weighted by Crippen LogP contribution is -2.23. The van der Waals surface area contributed by atoms with Gasteiger partial charge in [-0.2, -0.15) is 9.98 Å². The van der Waals surface area contributed by atoms with Crippen molar-refractivity contribution < 1.29 is 4.79 Å². The fourth-order valence-corrected chi connectivity index (χ4v) is 1.58. The molecular weight excluding hydrogens is 222 g/mol. The number of halogens is 1. The lowest BCUT2D eigenvalue weighted by atomic mass is 10.3. The maximum Gasteiger partial charge on any atom is 0.368 e. The van der Waals surface area contributed by atoms with Gasteiger partial charge in [0.25, 0.3) is 0 Å². The van der Waals surface area contributed by atoms with E-state index in [0.29, 0.717) is 20.9 Å². The first kappa shape index (κ1) is 7.42. The number of fused-ring (bicyclic) bond motifs is 1. The van der Waals surface area contributed by atoms with Gasteiger partial charge in [0.05, 0.1) is 5.36 Å². The fourth-order valence-electron chi connectivity index (χ4n) is 1.02. The highest BCUT2D eigenvalue weighted by molar-refractivity contribution is 9.10. The summed E-state index contributed by atoms with van der Waals surface area (Å²) in [7, 11) is 0. The van der Waals surface area contributed by atoms with Crippen LogP contribution in [0, 0.1) is 0 Å². The zero-order valence-electron chi connectivity index (χ0n) is 5.91. The van der Waals surface area contributed by atoms with Crippen molar-refractivity contribution in [3.05, 3.63) is 27.3 Å². The molecule has 0 aromatic heterocycles. The predicted molar refractivity (Wildman–Crippen MR) is 46.3 cm³/mol. The summed E-state index contributed by atoms with van der Waals surface area (Å²) >= 11 is 3.24. The van der Waals surface area contributed by atoms with Crippen LogP contribution in [0.4, 0.5) is 10.5 Å². The number of hydrogen-bond donors (Lipinski definition) is 1. The topological polar surface area (TPSA) is 67.8 Å². The van der Waals surface area contributed by atoms with Crippen molar-refractivity contribution in [3.8, 4) is 0 Å². The first-order valence-corrected chi connectivity index (χ1v) is 4.02. The average molecular weight is 226 g/mol. The molecule has 1 aliphatic heterocycles. The largest absolute Gasteiger partial charge is 0.399 e. The van der Waals surface area contributed by atoms with Gasteiger partial charge in [-0.3, -0.25) is 0 Å². The van der Waals surface area contributed by atoms with E-state index in [1.54, 1.807) is 12.1 Å². The van der Waals surface area contributed by atoms with Crippen molar-refractivity contribution in [1.29, 1.82) is 0 Å². The van der Waals surface area contributed by atoms with Gasteiger partial charge in [-0.15, -0.1) is 0 Å². The van der Waals surface area contributed by atoms with Gasteiger partial charge in [-0.25, -0.2) is 4.79 Å². The molecule has 2 rings (SSSR count). The number of hydrogen-bond acceptors (Lipinski definition) is 2. The number of nitrogens with two attached hydrogens (primary N) is 1. The highest BCUT2D eigenvalue weighted by Crippen LogP contribution is 2.06. The van der Waals surface area contributed by atoms with Crippen LogP contribution in [0.25, 0.3) is 0 Å². The molecule has 0 atom stereocenters. The van der Waals surface area contributed by atoms with Gasteiger partial charge >= 0.3 is 6.03 Å². The lowest BCUT2D eigenvalue weighted by Gasteiger charge is -1.91. The molecule has 0 spiro atoms. The van der Waals surface area contributed by atoms with Crippen LogP contribution < -0.4 is 16.4 Å². The summed E-state index contributed by atoms with van der Waals surface area (Å²) in [4.78, 5) is 18.1. The maximum atomic E-state index is 10.8. The van der Waals surface area contributed by atoms with Crippen LogP contribution in [0.5, 0.6) is 0 Å². The molecule has 12 heavy (non-hydrogen) atoms. The maximum absolute atomic E-state index is 10.8. The Kier molecular flexibility index (Phi) is 1.47. The van der Waals surface area contributed by atoms with E-state index >= 15 is 0 Å². The van der Waals surface area contributed by atoms with Gasteiger partial charge < -0.3 is 5.73 Å². The zero-order valence-corrected chi connectivity index (χ0v) is 7.50. The number of anilines is 1. The molecule has 0 saturated carbocycles. The fraction of sp³-hybridized carbons (Fsp3) is 0. The van der Waals surface area contributed by atoms with E-state index in [0.717, 1.165) is 0 Å². The van der Waals surface area contributed by atoms with Gasteiger partial charge in [-0.05, 0) is 28.1 Å². The number of carbonyl (C=O) groups excluding carboxylic acids is 1. The minimum atomic E-state index is -0.476. The van der Waals surface area contributed by atoms with Gasteiger partial charge in [0.1, 0.15) is 5.36 Å². The number of nitrogens with zero attached hydrogens (tertiary/aromatic N) is 2. The molecule has 0 radical (unpaired) electrons. The summed E-state index contributed by atoms with van der Waals surface area (Å²) in [5.41, 5.74) is 6.10. The Labute approximate surface area is 76.0 Å². The van der Waals surface area contributed by atoms with Crippen LogP contribution in [0.1, 0.15) is 0 Å². The highest BCUT2D eigenvalue weighted by atomic mass is 79.9. The second kappa shape index (κ2) is 2.38. The summed E-state index contributed by atoms with van der Waals surface area (Å²) in [6.45, 7) is 0. The van der Waals surface area contributed by atoms with Crippen molar-refractivity contribution in [2.45, 2.75) is 0 Å². The molecule has 0 saturated heterocycles. The SMILES string of the molecule is Nc1cc(Br)c2c(c1)=NC(=O)N=2. The number of rotatable bonds is 0. The van der Waals surface area contributed by atoms with E-state index in [4.69, 9.17) is 5.73 Å². The second-order valence-electron chi connectivity index (χ2n) is 2.38. The van der Waals surface area contributed by atoms with Crippen LogP contribution in [0.2, 0.25) is 0 Å². The number of urea groups is 1. The number of benzene rings is 1. The van der Waals surface area contributed by atoms with Gasteiger partial charge in [0.15, 0.2) is 0 Å². The Morgan fingerprint density at radius 2 is 2.08 bits per heavy atom. The summed E-state index contributed by atoms with van der Waals surface area (Å²) in [5, 5.41) is 1.10. The Hall–Kier alpha value is -1.23. The molecule has 60 valence electrons. The van der Waals surface area contributed by atoms with E-state index in [-0.39, 0.29) is 0 Å². The van der Waals surface area contributed by atoms with Crippen LogP contribution in [0.15, 0.2) is 26.6 Å². The quantitative estimate of drug-likeness (QED) is 0.650. The molecule has 4 nitrogen and oxygen atoms in total. The van der Waals surface area contributed by atoms with E-state index in [1.165, 1.54) is 0 Å². The molecule has 1 heterocycles. The summed E-state index contributed by atoms with van der Waals surface area (Å²) in [6, 6.07) is 2.83. The zero-order chi connectivity index (χ0) is 8.72. The van der Waals surface area contributed by atoms with Crippen molar-refractivity contribution in [3.63, 3.8) is 0 Å². The van der Waals surface area contributed by atoms with Crippen LogP contribution in [-0.4, -0.2) is 6.03 Å². The molecular formula is C7H4BrN3O.